The van der Waals surface area contributed by atoms with Crippen molar-refractivity contribution in [1.29, 1.82) is 0 Å². The molecule has 0 spiro atoms. The van der Waals surface area contributed by atoms with Gasteiger partial charge in [0.25, 0.3) is 0 Å². The van der Waals surface area contributed by atoms with Gasteiger partial charge in [-0.15, -0.1) is 5.73 Å². The highest BCUT2D eigenvalue weighted by atomic mass is 19.4. The van der Waals surface area contributed by atoms with Crippen LogP contribution in [0.15, 0.2) is 114 Å². The number of likely N-dealkylation sites (N-methyl/N-ethyl adjacent to an activating group) is 1. The quantitative estimate of drug-likeness (QED) is 0.237. The number of halogens is 3. The van der Waals surface area contributed by atoms with Crippen LogP contribution in [0, 0.1) is 0 Å². The number of alkyl halides is 3. The van der Waals surface area contributed by atoms with E-state index >= 15 is 0 Å². The summed E-state index contributed by atoms with van der Waals surface area (Å²) in [4.78, 5) is 13.5. The Hall–Kier alpha value is -3.70. The lowest BCUT2D eigenvalue weighted by Crippen LogP contribution is -2.22. The number of aliphatic hydroxyl groups is 1. The fraction of sp³-hybridized carbons (Fsp3) is 0.286. The minimum absolute atomic E-state index is 0.00645. The van der Waals surface area contributed by atoms with Crippen molar-refractivity contribution < 1.29 is 23.1 Å². The highest BCUT2D eigenvalue weighted by Crippen LogP contribution is 2.28. The maximum atomic E-state index is 12.2. The van der Waals surface area contributed by atoms with E-state index in [1.807, 2.05) is 19.9 Å². The fourth-order valence-electron chi connectivity index (χ4n) is 2.69. The van der Waals surface area contributed by atoms with Crippen molar-refractivity contribution in [2.75, 3.05) is 13.6 Å². The number of carbonyl (C=O) groups is 1. The van der Waals surface area contributed by atoms with Crippen LogP contribution in [0.1, 0.15) is 33.6 Å². The Morgan fingerprint density at radius 3 is 2.46 bits per heavy atom. The zero-order chi connectivity index (χ0) is 26.9. The molecule has 4 nitrogen and oxygen atoms in total. The first-order chi connectivity index (χ1) is 16.6. The monoisotopic (exact) mass is 488 g/mol. The van der Waals surface area contributed by atoms with Gasteiger partial charge in [0.2, 0.25) is 5.91 Å². The van der Waals surface area contributed by atoms with Gasteiger partial charge < -0.3 is 15.3 Å². The van der Waals surface area contributed by atoms with Crippen molar-refractivity contribution in [3.63, 3.8) is 0 Å². The second-order valence-electron chi connectivity index (χ2n) is 6.89. The van der Waals surface area contributed by atoms with Crippen LogP contribution in [0.2, 0.25) is 0 Å². The second kappa shape index (κ2) is 16.8. The Bertz CT molecular complexity index is 984. The molecule has 0 aromatic heterocycles. The van der Waals surface area contributed by atoms with E-state index in [0.29, 0.717) is 30.8 Å². The summed E-state index contributed by atoms with van der Waals surface area (Å²) in [6.45, 7) is 13.6. The van der Waals surface area contributed by atoms with Gasteiger partial charge in [0.05, 0.1) is 12.0 Å². The average Bonchev–Trinajstić information content (AvgIpc) is 3.04. The van der Waals surface area contributed by atoms with E-state index < -0.39 is 11.7 Å². The van der Waals surface area contributed by atoms with Gasteiger partial charge in [0, 0.05) is 25.0 Å². The summed E-state index contributed by atoms with van der Waals surface area (Å²) in [5.74, 6) is 0.151. The average molecular weight is 489 g/mol. The van der Waals surface area contributed by atoms with Crippen molar-refractivity contribution in [3.05, 3.63) is 114 Å². The largest absolute Gasteiger partial charge is 0.508 e. The molecular weight excluding hydrogens is 453 g/mol. The number of hydrogen-bond donors (Lipinski definition) is 2. The van der Waals surface area contributed by atoms with Gasteiger partial charge in [0.1, 0.15) is 5.76 Å². The third-order valence-electron chi connectivity index (χ3n) is 4.49. The van der Waals surface area contributed by atoms with Gasteiger partial charge in [0.15, 0.2) is 0 Å². The molecule has 1 aliphatic heterocycles. The van der Waals surface area contributed by atoms with Crippen molar-refractivity contribution in [2.24, 2.45) is 0 Å². The summed E-state index contributed by atoms with van der Waals surface area (Å²) in [5, 5.41) is 12.1. The first kappa shape index (κ1) is 31.3. The number of hydrogen-bond acceptors (Lipinski definition) is 3. The minimum atomic E-state index is -4.24. The van der Waals surface area contributed by atoms with Crippen molar-refractivity contribution >= 4 is 5.91 Å². The van der Waals surface area contributed by atoms with Crippen LogP contribution >= 0.6 is 0 Å². The zero-order valence-corrected chi connectivity index (χ0v) is 20.8. The van der Waals surface area contributed by atoms with E-state index in [0.717, 1.165) is 11.6 Å². The Balaban J connectivity index is 0.000000665. The van der Waals surface area contributed by atoms with Gasteiger partial charge in [-0.05, 0) is 61.4 Å². The molecule has 0 saturated carbocycles. The molecule has 1 amide bonds. The molecule has 0 radical (unpaired) electrons. The van der Waals surface area contributed by atoms with Crippen LogP contribution in [0.5, 0.6) is 0 Å². The van der Waals surface area contributed by atoms with Crippen molar-refractivity contribution in [3.8, 4) is 0 Å². The Morgan fingerprint density at radius 2 is 1.89 bits per heavy atom. The highest BCUT2D eigenvalue weighted by molar-refractivity contribution is 5.84. The normalized spacial score (nSPS) is 16.7. The summed E-state index contributed by atoms with van der Waals surface area (Å²) >= 11 is 0. The lowest BCUT2D eigenvalue weighted by atomic mass is 10.2. The van der Waals surface area contributed by atoms with Crippen LogP contribution in [-0.2, 0) is 4.79 Å². The predicted octanol–water partition coefficient (Wildman–Crippen LogP) is 7.14. The maximum absolute atomic E-state index is 12.2. The first-order valence-corrected chi connectivity index (χ1v) is 11.2. The van der Waals surface area contributed by atoms with Gasteiger partial charge in [-0.2, -0.15) is 13.2 Å². The molecule has 1 aliphatic carbocycles. The van der Waals surface area contributed by atoms with Gasteiger partial charge in [-0.1, -0.05) is 51.3 Å². The van der Waals surface area contributed by atoms with Crippen LogP contribution in [0.25, 0.3) is 0 Å². The zero-order valence-electron chi connectivity index (χ0n) is 20.8. The molecule has 7 heteroatoms. The Morgan fingerprint density at radius 1 is 1.20 bits per heavy atom. The van der Waals surface area contributed by atoms with E-state index in [2.05, 4.69) is 24.2 Å². The standard InChI is InChI=1S/C17H19NO2.C9H10F3N.C2H6/c1-4-6-7-8-9-15-12-17(20)18(13-15)14(3)10-11-16(19)5-2;1-13-8-4-2-3-7(5-6-8)9(10,11)12;1-2/h4-6,8-11,19H,1,3,12-13H2,2H3;3-6,13H,2H2,1H3;1-2H3/b11-10-,15-9-,16-5+;;. The molecular formula is C28H35F3N2O2. The van der Waals surface area contributed by atoms with Crippen LogP contribution < -0.4 is 5.32 Å². The predicted molar refractivity (Wildman–Crippen MR) is 138 cm³/mol. The topological polar surface area (TPSA) is 52.6 Å². The van der Waals surface area contributed by atoms with E-state index in [9.17, 15) is 23.1 Å². The molecule has 2 aliphatic rings. The van der Waals surface area contributed by atoms with Crippen LogP contribution in [0.4, 0.5) is 13.2 Å². The molecule has 190 valence electrons. The highest BCUT2D eigenvalue weighted by Gasteiger charge is 2.31. The number of nitrogens with zero attached hydrogens (tertiary/aromatic N) is 1. The van der Waals surface area contributed by atoms with E-state index in [4.69, 9.17) is 0 Å². The number of amides is 1. The van der Waals surface area contributed by atoms with Gasteiger partial charge in [-0.25, -0.2) is 0 Å². The molecule has 0 aromatic rings. The number of rotatable bonds is 6. The van der Waals surface area contributed by atoms with Crippen molar-refractivity contribution in [2.45, 2.75) is 39.8 Å². The molecule has 2 rings (SSSR count). The molecule has 1 fully saturated rings. The molecule has 0 atom stereocenters. The molecule has 0 aromatic carbocycles. The molecule has 1 heterocycles. The minimum Gasteiger partial charge on any atom is -0.508 e. The van der Waals surface area contributed by atoms with Crippen molar-refractivity contribution in [1.82, 2.24) is 10.2 Å². The SMILES string of the molecule is C=CC=C=C/C=C1/CC(=O)N(C(=C)/C=C\C(O)=C/C)C1.CC.CNC1=CCC=C(C(F)(F)F)C=C1. The summed E-state index contributed by atoms with van der Waals surface area (Å²) in [5.41, 5.74) is 4.60. The smallest absolute Gasteiger partial charge is 0.416 e. The summed E-state index contributed by atoms with van der Waals surface area (Å²) in [7, 11) is 1.68. The van der Waals surface area contributed by atoms with Crippen LogP contribution in [-0.4, -0.2) is 35.7 Å². The Labute approximate surface area is 206 Å². The molecule has 0 bridgehead atoms. The summed E-state index contributed by atoms with van der Waals surface area (Å²) in [6.07, 6.45) is 13.5. The third kappa shape index (κ3) is 12.4. The molecule has 0 unspecified atom stereocenters. The first-order valence-electron chi connectivity index (χ1n) is 11.2. The number of likely N-dealkylation sites (tertiary alicyclic amines) is 1. The molecule has 1 saturated heterocycles. The Kier molecular flexibility index (Phi) is 15.1. The van der Waals surface area contributed by atoms with E-state index in [-0.39, 0.29) is 11.7 Å². The van der Waals surface area contributed by atoms with Gasteiger partial charge >= 0.3 is 6.18 Å². The van der Waals surface area contributed by atoms with Gasteiger partial charge in [-0.3, -0.25) is 4.79 Å². The molecule has 35 heavy (non-hydrogen) atoms. The summed E-state index contributed by atoms with van der Waals surface area (Å²) < 4.78 is 36.6. The van der Waals surface area contributed by atoms with E-state index in [1.54, 1.807) is 55.3 Å². The number of aliphatic hydroxyl groups excluding tert-OH is 1. The maximum Gasteiger partial charge on any atom is 0.416 e. The third-order valence-corrected chi connectivity index (χ3v) is 4.49. The molecule has 2 N–H and O–H groups in total. The number of carbonyl (C=O) groups excluding carboxylic acids is 1. The van der Waals surface area contributed by atoms with E-state index in [1.165, 1.54) is 18.2 Å². The number of allylic oxidation sites excluding steroid dienone is 11. The second-order valence-corrected chi connectivity index (χ2v) is 6.89. The fourth-order valence-corrected chi connectivity index (χ4v) is 2.69. The lowest BCUT2D eigenvalue weighted by Gasteiger charge is -2.14. The summed E-state index contributed by atoms with van der Waals surface area (Å²) in [6, 6.07) is 0. The lowest BCUT2D eigenvalue weighted by molar-refractivity contribution is -0.125. The number of nitrogens with one attached hydrogen (secondary N) is 1. The van der Waals surface area contributed by atoms with Crippen LogP contribution in [0.3, 0.4) is 0 Å².